The van der Waals surface area contributed by atoms with Crippen molar-refractivity contribution in [3.63, 3.8) is 0 Å². The van der Waals surface area contributed by atoms with Gasteiger partial charge >= 0.3 is 0 Å². The number of nitrogens with zero attached hydrogens (tertiary/aromatic N) is 1. The van der Waals surface area contributed by atoms with E-state index in [0.29, 0.717) is 17.1 Å². The third-order valence-electron chi connectivity index (χ3n) is 2.87. The fraction of sp³-hybridized carbons (Fsp3) is 0.267. The molecule has 0 saturated carbocycles. The van der Waals surface area contributed by atoms with Crippen LogP contribution in [0.3, 0.4) is 0 Å². The molecule has 1 atom stereocenters. The lowest BCUT2D eigenvalue weighted by atomic mass is 10.1. The van der Waals surface area contributed by atoms with Gasteiger partial charge in [-0.15, -0.1) is 0 Å². The fourth-order valence-electron chi connectivity index (χ4n) is 1.84. The van der Waals surface area contributed by atoms with Gasteiger partial charge in [-0.3, -0.25) is 4.98 Å². The minimum absolute atomic E-state index is 0.165. The van der Waals surface area contributed by atoms with E-state index in [1.165, 1.54) is 6.07 Å². The van der Waals surface area contributed by atoms with Crippen molar-refractivity contribution in [3.05, 3.63) is 53.6 Å². The van der Waals surface area contributed by atoms with E-state index in [1.807, 2.05) is 19.1 Å². The molecule has 2 aromatic rings. The van der Waals surface area contributed by atoms with Crippen LogP contribution in [0.2, 0.25) is 0 Å². The maximum absolute atomic E-state index is 13.1. The summed E-state index contributed by atoms with van der Waals surface area (Å²) < 4.78 is 23.9. The van der Waals surface area contributed by atoms with Crippen molar-refractivity contribution in [3.8, 4) is 11.5 Å². The Hall–Kier alpha value is -2.14. The minimum atomic E-state index is -0.385. The quantitative estimate of drug-likeness (QED) is 0.912. The fourth-order valence-corrected chi connectivity index (χ4v) is 1.84. The van der Waals surface area contributed by atoms with E-state index < -0.39 is 0 Å². The summed E-state index contributed by atoms with van der Waals surface area (Å²) in [5, 5.41) is 0. The number of halogens is 1. The van der Waals surface area contributed by atoms with Crippen LogP contribution in [0, 0.1) is 5.82 Å². The maximum atomic E-state index is 13.1. The molecule has 0 aliphatic rings. The highest BCUT2D eigenvalue weighted by atomic mass is 19.1. The van der Waals surface area contributed by atoms with Gasteiger partial charge in [-0.2, -0.15) is 0 Å². The number of aromatic nitrogens is 1. The van der Waals surface area contributed by atoms with Gasteiger partial charge in [0.2, 0.25) is 0 Å². The second kappa shape index (κ2) is 6.34. The number of nitrogens with two attached hydrogens (primary N) is 1. The highest BCUT2D eigenvalue weighted by molar-refractivity contribution is 5.42. The van der Waals surface area contributed by atoms with Crippen molar-refractivity contribution >= 4 is 0 Å². The van der Waals surface area contributed by atoms with Crippen molar-refractivity contribution in [2.45, 2.75) is 19.6 Å². The number of hydrogen-bond donors (Lipinski definition) is 1. The first kappa shape index (κ1) is 14.3. The smallest absolute Gasteiger partial charge is 0.141 e. The molecule has 2 N–H and O–H groups in total. The minimum Gasteiger partial charge on any atom is -0.497 e. The summed E-state index contributed by atoms with van der Waals surface area (Å²) in [5.74, 6) is 0.925. The summed E-state index contributed by atoms with van der Waals surface area (Å²) in [6, 6.07) is 6.68. The maximum Gasteiger partial charge on any atom is 0.141 e. The van der Waals surface area contributed by atoms with Crippen molar-refractivity contribution < 1.29 is 13.9 Å². The van der Waals surface area contributed by atoms with Gasteiger partial charge in [0.1, 0.15) is 23.9 Å². The molecule has 1 aromatic carbocycles. The number of hydrogen-bond acceptors (Lipinski definition) is 4. The van der Waals surface area contributed by atoms with Gasteiger partial charge < -0.3 is 15.2 Å². The summed E-state index contributed by atoms with van der Waals surface area (Å²) >= 11 is 0. The van der Waals surface area contributed by atoms with Crippen LogP contribution in [-0.2, 0) is 6.61 Å². The number of benzene rings is 1. The van der Waals surface area contributed by atoms with Crippen LogP contribution in [0.1, 0.15) is 24.1 Å². The van der Waals surface area contributed by atoms with Gasteiger partial charge in [-0.1, -0.05) is 6.07 Å². The third kappa shape index (κ3) is 3.45. The summed E-state index contributed by atoms with van der Waals surface area (Å²) in [6.07, 6.45) is 2.72. The molecule has 20 heavy (non-hydrogen) atoms. The molecule has 4 nitrogen and oxygen atoms in total. The number of pyridine rings is 1. The summed E-state index contributed by atoms with van der Waals surface area (Å²) in [5.41, 5.74) is 7.43. The molecule has 0 fully saturated rings. The Balaban J connectivity index is 2.19. The van der Waals surface area contributed by atoms with E-state index in [-0.39, 0.29) is 18.5 Å². The summed E-state index contributed by atoms with van der Waals surface area (Å²) in [4.78, 5) is 3.78. The van der Waals surface area contributed by atoms with Crippen molar-refractivity contribution in [2.75, 3.05) is 7.11 Å². The molecule has 0 bridgehead atoms. The van der Waals surface area contributed by atoms with Gasteiger partial charge in [0.15, 0.2) is 0 Å². The zero-order valence-corrected chi connectivity index (χ0v) is 11.5. The average molecular weight is 276 g/mol. The van der Waals surface area contributed by atoms with Crippen LogP contribution in [0.4, 0.5) is 4.39 Å². The van der Waals surface area contributed by atoms with Crippen molar-refractivity contribution in [1.82, 2.24) is 4.98 Å². The molecule has 0 unspecified atom stereocenters. The zero-order valence-electron chi connectivity index (χ0n) is 11.5. The van der Waals surface area contributed by atoms with Crippen LogP contribution >= 0.6 is 0 Å². The average Bonchev–Trinajstić information content (AvgIpc) is 2.44. The molecule has 0 radical (unpaired) electrons. The van der Waals surface area contributed by atoms with E-state index in [2.05, 4.69) is 4.98 Å². The lowest BCUT2D eigenvalue weighted by Gasteiger charge is -2.15. The van der Waals surface area contributed by atoms with Crippen LogP contribution in [0.5, 0.6) is 11.5 Å². The van der Waals surface area contributed by atoms with Crippen molar-refractivity contribution in [2.24, 2.45) is 5.73 Å². The second-order valence-corrected chi connectivity index (χ2v) is 4.49. The summed E-state index contributed by atoms with van der Waals surface area (Å²) in [6.45, 7) is 2.09. The Kier molecular flexibility index (Phi) is 4.53. The molecule has 1 aromatic heterocycles. The molecule has 5 heteroatoms. The highest BCUT2D eigenvalue weighted by Gasteiger charge is 2.10. The number of rotatable bonds is 5. The first-order valence-electron chi connectivity index (χ1n) is 6.26. The lowest BCUT2D eigenvalue weighted by Crippen LogP contribution is -2.08. The third-order valence-corrected chi connectivity index (χ3v) is 2.87. The molecule has 0 spiro atoms. The molecular formula is C15H17FN2O2. The Bertz CT molecular complexity index is 588. The molecule has 0 saturated heterocycles. The Morgan fingerprint density at radius 1 is 1.30 bits per heavy atom. The van der Waals surface area contributed by atoms with Gasteiger partial charge in [-0.05, 0) is 19.1 Å². The largest absolute Gasteiger partial charge is 0.497 e. The SMILES string of the molecule is COc1ccc([C@@H](C)N)c(OCc2cncc(F)c2)c1. The number of ether oxygens (including phenoxy) is 2. The van der Waals surface area contributed by atoms with Gasteiger partial charge in [-0.25, -0.2) is 4.39 Å². The standard InChI is InChI=1S/C15H17FN2O2/c1-10(17)14-4-3-13(19-2)6-15(14)20-9-11-5-12(16)8-18-7-11/h3-8,10H,9,17H2,1-2H3/t10-/m1/s1. The Labute approximate surface area is 117 Å². The molecule has 2 rings (SSSR count). The topological polar surface area (TPSA) is 57.4 Å². The first-order chi connectivity index (χ1) is 9.60. The van der Waals surface area contributed by atoms with Gasteiger partial charge in [0.05, 0.1) is 13.3 Å². The van der Waals surface area contributed by atoms with Crippen LogP contribution in [0.25, 0.3) is 0 Å². The van der Waals surface area contributed by atoms with E-state index >= 15 is 0 Å². The zero-order chi connectivity index (χ0) is 14.5. The summed E-state index contributed by atoms with van der Waals surface area (Å²) in [7, 11) is 1.58. The van der Waals surface area contributed by atoms with Gasteiger partial charge in [0, 0.05) is 29.4 Å². The van der Waals surface area contributed by atoms with E-state index in [0.717, 1.165) is 11.8 Å². The Morgan fingerprint density at radius 2 is 2.10 bits per heavy atom. The number of methoxy groups -OCH3 is 1. The molecule has 0 aliphatic carbocycles. The van der Waals surface area contributed by atoms with Gasteiger partial charge in [0.25, 0.3) is 0 Å². The molecule has 106 valence electrons. The molecule has 0 aliphatic heterocycles. The Morgan fingerprint density at radius 3 is 2.75 bits per heavy atom. The first-order valence-corrected chi connectivity index (χ1v) is 6.26. The monoisotopic (exact) mass is 276 g/mol. The predicted octanol–water partition coefficient (Wildman–Crippen LogP) is 2.83. The van der Waals surface area contributed by atoms with E-state index in [1.54, 1.807) is 19.4 Å². The predicted molar refractivity (Wildman–Crippen MR) is 74.1 cm³/mol. The van der Waals surface area contributed by atoms with E-state index in [9.17, 15) is 4.39 Å². The molecule has 0 amide bonds. The lowest BCUT2D eigenvalue weighted by molar-refractivity contribution is 0.298. The van der Waals surface area contributed by atoms with Crippen molar-refractivity contribution in [1.29, 1.82) is 0 Å². The molecular weight excluding hydrogens is 259 g/mol. The van der Waals surface area contributed by atoms with Crippen LogP contribution in [0.15, 0.2) is 36.7 Å². The second-order valence-electron chi connectivity index (χ2n) is 4.49. The normalized spacial score (nSPS) is 12.0. The molecule has 1 heterocycles. The highest BCUT2D eigenvalue weighted by Crippen LogP contribution is 2.29. The van der Waals surface area contributed by atoms with Crippen LogP contribution < -0.4 is 15.2 Å². The van der Waals surface area contributed by atoms with E-state index in [4.69, 9.17) is 15.2 Å². The van der Waals surface area contributed by atoms with Crippen LogP contribution in [-0.4, -0.2) is 12.1 Å².